The average molecular weight is 244 g/mol. The van der Waals surface area contributed by atoms with Crippen LogP contribution in [0.3, 0.4) is 0 Å². The van der Waals surface area contributed by atoms with Gasteiger partial charge in [0.05, 0.1) is 13.1 Å². The van der Waals surface area contributed by atoms with E-state index < -0.39 is 43.8 Å². The Morgan fingerprint density at radius 1 is 1.31 bits per heavy atom. The minimum absolute atomic E-state index is 0.418. The van der Waals surface area contributed by atoms with E-state index in [0.29, 0.717) is 4.90 Å². The summed E-state index contributed by atoms with van der Waals surface area (Å²) in [6, 6.07) is -1.55. The van der Waals surface area contributed by atoms with E-state index in [1.165, 1.54) is 0 Å². The SMILES string of the molecule is NC(CN(CC(=O)O)CC(F)(F)F)C(=O)O. The second kappa shape index (κ2) is 5.66. The van der Waals surface area contributed by atoms with E-state index in [1.54, 1.807) is 0 Å². The van der Waals surface area contributed by atoms with Crippen molar-refractivity contribution < 1.29 is 33.0 Å². The number of carboxylic acids is 2. The highest BCUT2D eigenvalue weighted by atomic mass is 19.4. The summed E-state index contributed by atoms with van der Waals surface area (Å²) in [4.78, 5) is 21.0. The van der Waals surface area contributed by atoms with E-state index in [9.17, 15) is 22.8 Å². The summed E-state index contributed by atoms with van der Waals surface area (Å²) in [6.07, 6.45) is -4.60. The molecule has 0 fully saturated rings. The number of nitrogens with zero attached hydrogens (tertiary/aromatic N) is 1. The molecule has 0 saturated carbocycles. The van der Waals surface area contributed by atoms with Gasteiger partial charge in [-0.25, -0.2) is 0 Å². The molecule has 0 heterocycles. The Labute approximate surface area is 88.4 Å². The van der Waals surface area contributed by atoms with Crippen molar-refractivity contribution in [3.8, 4) is 0 Å². The summed E-state index contributed by atoms with van der Waals surface area (Å²) in [7, 11) is 0. The lowest BCUT2D eigenvalue weighted by Crippen LogP contribution is -2.47. The lowest BCUT2D eigenvalue weighted by Gasteiger charge is -2.23. The summed E-state index contributed by atoms with van der Waals surface area (Å²) >= 11 is 0. The minimum Gasteiger partial charge on any atom is -0.480 e. The second-order valence-electron chi connectivity index (χ2n) is 3.12. The van der Waals surface area contributed by atoms with Gasteiger partial charge in [-0.05, 0) is 0 Å². The Bertz CT molecular complexity index is 269. The molecule has 0 rings (SSSR count). The highest BCUT2D eigenvalue weighted by Crippen LogP contribution is 2.16. The van der Waals surface area contributed by atoms with Crippen molar-refractivity contribution in [1.29, 1.82) is 0 Å². The van der Waals surface area contributed by atoms with E-state index in [2.05, 4.69) is 0 Å². The number of hydrogen-bond acceptors (Lipinski definition) is 4. The topological polar surface area (TPSA) is 104 Å². The third-order valence-electron chi connectivity index (χ3n) is 1.53. The summed E-state index contributed by atoms with van der Waals surface area (Å²) in [5.41, 5.74) is 5.01. The molecular weight excluding hydrogens is 233 g/mol. The van der Waals surface area contributed by atoms with Gasteiger partial charge in [0.2, 0.25) is 0 Å². The Morgan fingerprint density at radius 3 is 2.12 bits per heavy atom. The molecule has 1 unspecified atom stereocenters. The first-order valence-electron chi connectivity index (χ1n) is 4.11. The third-order valence-corrected chi connectivity index (χ3v) is 1.53. The van der Waals surface area contributed by atoms with E-state index in [-0.39, 0.29) is 0 Å². The molecule has 0 aromatic rings. The van der Waals surface area contributed by atoms with Gasteiger partial charge in [-0.15, -0.1) is 0 Å². The zero-order valence-corrected chi connectivity index (χ0v) is 8.07. The zero-order chi connectivity index (χ0) is 12.9. The van der Waals surface area contributed by atoms with Gasteiger partial charge >= 0.3 is 18.1 Å². The number of carbonyl (C=O) groups is 2. The average Bonchev–Trinajstić information content (AvgIpc) is 1.98. The molecule has 0 aromatic heterocycles. The maximum Gasteiger partial charge on any atom is 0.401 e. The lowest BCUT2D eigenvalue weighted by atomic mass is 10.3. The van der Waals surface area contributed by atoms with Crippen LogP contribution in [0.2, 0.25) is 0 Å². The highest BCUT2D eigenvalue weighted by molar-refractivity contribution is 5.73. The van der Waals surface area contributed by atoms with Gasteiger partial charge in [0.15, 0.2) is 0 Å². The lowest BCUT2D eigenvalue weighted by molar-refractivity contribution is -0.157. The first-order chi connectivity index (χ1) is 7.11. The molecule has 0 bridgehead atoms. The number of aliphatic carboxylic acids is 2. The summed E-state index contributed by atoms with van der Waals surface area (Å²) in [5.74, 6) is -2.97. The number of rotatable bonds is 6. The van der Waals surface area contributed by atoms with Crippen molar-refractivity contribution in [2.75, 3.05) is 19.6 Å². The first-order valence-corrected chi connectivity index (χ1v) is 4.11. The first kappa shape index (κ1) is 14.6. The number of carboxylic acid groups (broad SMARTS) is 2. The Balaban J connectivity index is 4.43. The van der Waals surface area contributed by atoms with Crippen LogP contribution in [-0.2, 0) is 9.59 Å². The van der Waals surface area contributed by atoms with Crippen LogP contribution in [0.15, 0.2) is 0 Å². The standard InChI is InChI=1S/C7H11F3N2O4/c8-7(9,10)3-12(2-5(13)14)1-4(11)6(15)16/h4H,1-3,11H2,(H,13,14)(H,15,16). The Hall–Kier alpha value is -1.35. The molecule has 0 aliphatic carbocycles. The normalized spacial score (nSPS) is 13.8. The maximum atomic E-state index is 12.0. The highest BCUT2D eigenvalue weighted by Gasteiger charge is 2.32. The Kier molecular flexibility index (Phi) is 5.18. The van der Waals surface area contributed by atoms with E-state index >= 15 is 0 Å². The molecule has 16 heavy (non-hydrogen) atoms. The summed E-state index contributed by atoms with van der Waals surface area (Å²) in [6.45, 7) is -3.11. The molecular formula is C7H11F3N2O4. The molecule has 6 nitrogen and oxygen atoms in total. The van der Waals surface area contributed by atoms with Crippen LogP contribution in [-0.4, -0.2) is 58.9 Å². The largest absolute Gasteiger partial charge is 0.480 e. The van der Waals surface area contributed by atoms with Gasteiger partial charge in [0.1, 0.15) is 6.04 Å². The predicted molar refractivity (Wildman–Crippen MR) is 45.7 cm³/mol. The summed E-state index contributed by atoms with van der Waals surface area (Å²) in [5, 5.41) is 16.7. The molecule has 0 saturated heterocycles. The van der Waals surface area contributed by atoms with E-state index in [1.807, 2.05) is 0 Å². The fourth-order valence-corrected chi connectivity index (χ4v) is 0.986. The fraction of sp³-hybridized carbons (Fsp3) is 0.714. The molecule has 9 heteroatoms. The smallest absolute Gasteiger partial charge is 0.401 e. The van der Waals surface area contributed by atoms with Gasteiger partial charge in [-0.2, -0.15) is 13.2 Å². The second-order valence-corrected chi connectivity index (χ2v) is 3.12. The van der Waals surface area contributed by atoms with Crippen LogP contribution in [0, 0.1) is 0 Å². The molecule has 0 spiro atoms. The number of hydrogen-bond donors (Lipinski definition) is 3. The van der Waals surface area contributed by atoms with Gasteiger partial charge in [0.25, 0.3) is 0 Å². The number of nitrogens with two attached hydrogens (primary N) is 1. The van der Waals surface area contributed by atoms with Crippen LogP contribution >= 0.6 is 0 Å². The predicted octanol–water partition coefficient (Wildman–Crippen LogP) is -0.653. The molecule has 0 aromatic carbocycles. The molecule has 0 aliphatic rings. The van der Waals surface area contributed by atoms with Crippen molar-refractivity contribution in [3.63, 3.8) is 0 Å². The third kappa shape index (κ3) is 7.01. The quantitative estimate of drug-likeness (QED) is 0.573. The van der Waals surface area contributed by atoms with Crippen molar-refractivity contribution in [3.05, 3.63) is 0 Å². The molecule has 1 atom stereocenters. The van der Waals surface area contributed by atoms with E-state index in [0.717, 1.165) is 0 Å². The monoisotopic (exact) mass is 244 g/mol. The van der Waals surface area contributed by atoms with Crippen LogP contribution in [0.25, 0.3) is 0 Å². The molecule has 0 radical (unpaired) electrons. The summed E-state index contributed by atoms with van der Waals surface area (Å²) < 4.78 is 36.0. The Morgan fingerprint density at radius 2 is 1.81 bits per heavy atom. The van der Waals surface area contributed by atoms with Gasteiger partial charge in [-0.1, -0.05) is 0 Å². The maximum absolute atomic E-state index is 12.0. The van der Waals surface area contributed by atoms with Crippen LogP contribution in [0.5, 0.6) is 0 Å². The van der Waals surface area contributed by atoms with Crippen molar-refractivity contribution in [1.82, 2.24) is 4.90 Å². The van der Waals surface area contributed by atoms with Crippen LogP contribution in [0.1, 0.15) is 0 Å². The van der Waals surface area contributed by atoms with Crippen molar-refractivity contribution in [2.45, 2.75) is 12.2 Å². The number of alkyl halides is 3. The minimum atomic E-state index is -4.60. The van der Waals surface area contributed by atoms with Gasteiger partial charge < -0.3 is 15.9 Å². The molecule has 4 N–H and O–H groups in total. The van der Waals surface area contributed by atoms with Gasteiger partial charge in [0, 0.05) is 6.54 Å². The van der Waals surface area contributed by atoms with Crippen LogP contribution < -0.4 is 5.73 Å². The molecule has 94 valence electrons. The van der Waals surface area contributed by atoms with Crippen molar-refractivity contribution in [2.24, 2.45) is 5.73 Å². The zero-order valence-electron chi connectivity index (χ0n) is 8.07. The fourth-order valence-electron chi connectivity index (χ4n) is 0.986. The molecule has 0 aliphatic heterocycles. The number of halogens is 3. The molecule has 0 amide bonds. The van der Waals surface area contributed by atoms with Crippen LogP contribution in [0.4, 0.5) is 13.2 Å². The van der Waals surface area contributed by atoms with Crippen molar-refractivity contribution >= 4 is 11.9 Å². The van der Waals surface area contributed by atoms with Gasteiger partial charge in [-0.3, -0.25) is 14.5 Å². The van der Waals surface area contributed by atoms with E-state index in [4.69, 9.17) is 15.9 Å².